The molecular weight excluding hydrogens is 192 g/mol. The Labute approximate surface area is 91.1 Å². The normalized spacial score (nSPS) is 18.1. The fraction of sp³-hybridized carbons (Fsp3) is 0.727. The molecule has 0 atom stereocenters. The first kappa shape index (κ1) is 11.9. The summed E-state index contributed by atoms with van der Waals surface area (Å²) >= 11 is 0. The van der Waals surface area contributed by atoms with Gasteiger partial charge in [-0.15, -0.1) is 0 Å². The Bertz CT molecular complexity index is 266. The van der Waals surface area contributed by atoms with Crippen LogP contribution in [0.3, 0.4) is 0 Å². The average Bonchev–Trinajstić information content (AvgIpc) is 2.26. The Morgan fingerprint density at radius 1 is 1.53 bits per heavy atom. The third-order valence-corrected chi connectivity index (χ3v) is 2.06. The number of hydrogen-bond acceptors (Lipinski definition) is 3. The molecule has 4 nitrogen and oxygen atoms in total. The molecule has 2 N–H and O–H groups in total. The number of hydrogen-bond donors (Lipinski definition) is 1. The van der Waals surface area contributed by atoms with Crippen molar-refractivity contribution in [2.75, 3.05) is 13.1 Å². The molecule has 0 saturated carbocycles. The molecule has 0 aliphatic carbocycles. The van der Waals surface area contributed by atoms with Gasteiger partial charge in [0.2, 0.25) is 0 Å². The molecule has 0 aromatic carbocycles. The van der Waals surface area contributed by atoms with Crippen LogP contribution in [-0.2, 0) is 4.74 Å². The van der Waals surface area contributed by atoms with Crippen LogP contribution in [0.5, 0.6) is 0 Å². The lowest BCUT2D eigenvalue weighted by Gasteiger charge is -2.26. The predicted octanol–water partition coefficient (Wildman–Crippen LogP) is 1.86. The van der Waals surface area contributed by atoms with Crippen LogP contribution < -0.4 is 5.73 Å². The average molecular weight is 212 g/mol. The molecule has 0 aromatic rings. The van der Waals surface area contributed by atoms with Gasteiger partial charge in [0, 0.05) is 12.2 Å². The molecule has 0 aromatic heterocycles. The molecule has 0 fully saturated rings. The van der Waals surface area contributed by atoms with Crippen LogP contribution in [0.2, 0.25) is 0 Å². The van der Waals surface area contributed by atoms with Crippen LogP contribution in [0.1, 0.15) is 33.6 Å². The molecule has 0 unspecified atom stereocenters. The molecule has 4 heteroatoms. The molecular formula is C11H20N2O2. The molecule has 0 radical (unpaired) electrons. The maximum atomic E-state index is 11.7. The van der Waals surface area contributed by atoms with Crippen molar-refractivity contribution in [1.29, 1.82) is 0 Å². The summed E-state index contributed by atoms with van der Waals surface area (Å²) in [7, 11) is 0. The molecule has 0 saturated heterocycles. The van der Waals surface area contributed by atoms with Gasteiger partial charge in [-0.25, -0.2) is 4.79 Å². The Balaban J connectivity index is 2.56. The van der Waals surface area contributed by atoms with E-state index in [1.165, 1.54) is 0 Å². The molecule has 0 spiro atoms. The van der Waals surface area contributed by atoms with E-state index in [4.69, 9.17) is 10.5 Å². The number of nitrogens with two attached hydrogens (primary N) is 1. The number of nitrogens with zero attached hydrogens (tertiary/aromatic N) is 1. The van der Waals surface area contributed by atoms with Crippen molar-refractivity contribution >= 4 is 6.09 Å². The molecule has 1 amide bonds. The third-order valence-electron chi connectivity index (χ3n) is 2.06. The van der Waals surface area contributed by atoms with Gasteiger partial charge in [0.05, 0.1) is 6.54 Å². The van der Waals surface area contributed by atoms with Crippen molar-refractivity contribution in [3.8, 4) is 0 Å². The molecule has 86 valence electrons. The highest BCUT2D eigenvalue weighted by molar-refractivity contribution is 5.68. The zero-order chi connectivity index (χ0) is 11.5. The maximum Gasteiger partial charge on any atom is 0.410 e. The molecule has 1 heterocycles. The summed E-state index contributed by atoms with van der Waals surface area (Å²) in [5.74, 6) is 0. The van der Waals surface area contributed by atoms with Gasteiger partial charge >= 0.3 is 6.09 Å². The predicted molar refractivity (Wildman–Crippen MR) is 59.3 cm³/mol. The summed E-state index contributed by atoms with van der Waals surface area (Å²) in [6.07, 6.45) is 3.58. The second kappa shape index (κ2) is 4.55. The van der Waals surface area contributed by atoms with Gasteiger partial charge in [-0.2, -0.15) is 0 Å². The summed E-state index contributed by atoms with van der Waals surface area (Å²) in [4.78, 5) is 13.4. The maximum absolute atomic E-state index is 11.7. The van der Waals surface area contributed by atoms with Crippen molar-refractivity contribution < 1.29 is 9.53 Å². The smallest absolute Gasteiger partial charge is 0.410 e. The van der Waals surface area contributed by atoms with E-state index in [-0.39, 0.29) is 6.09 Å². The second-order valence-electron chi connectivity index (χ2n) is 4.82. The third kappa shape index (κ3) is 4.23. The van der Waals surface area contributed by atoms with E-state index in [0.717, 1.165) is 18.5 Å². The molecule has 1 rings (SSSR count). The van der Waals surface area contributed by atoms with Crippen molar-refractivity contribution in [3.63, 3.8) is 0 Å². The number of rotatable bonds is 0. The lowest BCUT2D eigenvalue weighted by molar-refractivity contribution is 0.0268. The SMILES string of the molecule is CC(C)(C)OC(=O)N1CCCC=C(N)C1. The van der Waals surface area contributed by atoms with E-state index in [1.807, 2.05) is 26.8 Å². The van der Waals surface area contributed by atoms with E-state index in [0.29, 0.717) is 13.1 Å². The fourth-order valence-corrected chi connectivity index (χ4v) is 1.42. The first-order valence-electron chi connectivity index (χ1n) is 5.31. The highest BCUT2D eigenvalue weighted by atomic mass is 16.6. The summed E-state index contributed by atoms with van der Waals surface area (Å²) in [6, 6.07) is 0. The van der Waals surface area contributed by atoms with Gasteiger partial charge in [-0.05, 0) is 33.6 Å². The summed E-state index contributed by atoms with van der Waals surface area (Å²) in [6.45, 7) is 6.78. The first-order valence-corrected chi connectivity index (χ1v) is 5.31. The standard InChI is InChI=1S/C11H20N2O2/c1-11(2,3)15-10(14)13-7-5-4-6-9(12)8-13/h6H,4-5,7-8,12H2,1-3H3. The van der Waals surface area contributed by atoms with E-state index >= 15 is 0 Å². The Kier molecular flexibility index (Phi) is 3.61. The van der Waals surface area contributed by atoms with Crippen LogP contribution in [0.25, 0.3) is 0 Å². The highest BCUT2D eigenvalue weighted by Crippen LogP contribution is 2.13. The largest absolute Gasteiger partial charge is 0.444 e. The van der Waals surface area contributed by atoms with Crippen molar-refractivity contribution in [1.82, 2.24) is 4.90 Å². The topological polar surface area (TPSA) is 55.6 Å². The monoisotopic (exact) mass is 212 g/mol. The Hall–Kier alpha value is -1.19. The van der Waals surface area contributed by atoms with E-state index in [1.54, 1.807) is 4.90 Å². The van der Waals surface area contributed by atoms with Gasteiger partial charge < -0.3 is 15.4 Å². The molecule has 15 heavy (non-hydrogen) atoms. The minimum Gasteiger partial charge on any atom is -0.444 e. The van der Waals surface area contributed by atoms with E-state index < -0.39 is 5.60 Å². The summed E-state index contributed by atoms with van der Waals surface area (Å²) < 4.78 is 5.29. The molecule has 1 aliphatic heterocycles. The molecule has 1 aliphatic rings. The van der Waals surface area contributed by atoms with Gasteiger partial charge in [0.25, 0.3) is 0 Å². The van der Waals surface area contributed by atoms with E-state index in [2.05, 4.69) is 0 Å². The minimum absolute atomic E-state index is 0.277. The lowest BCUT2D eigenvalue weighted by Crippen LogP contribution is -2.38. The zero-order valence-electron chi connectivity index (χ0n) is 9.75. The number of carbonyl (C=O) groups excluding carboxylic acids is 1. The number of amides is 1. The van der Waals surface area contributed by atoms with Crippen LogP contribution in [0.4, 0.5) is 4.79 Å². The van der Waals surface area contributed by atoms with Gasteiger partial charge in [0.15, 0.2) is 0 Å². The summed E-state index contributed by atoms with van der Waals surface area (Å²) in [5.41, 5.74) is 6.04. The highest BCUT2D eigenvalue weighted by Gasteiger charge is 2.22. The fourth-order valence-electron chi connectivity index (χ4n) is 1.42. The summed E-state index contributed by atoms with van der Waals surface area (Å²) in [5, 5.41) is 0. The van der Waals surface area contributed by atoms with Crippen LogP contribution in [0.15, 0.2) is 11.8 Å². The van der Waals surface area contributed by atoms with Gasteiger partial charge in [0.1, 0.15) is 5.60 Å². The Morgan fingerprint density at radius 2 is 2.20 bits per heavy atom. The number of ether oxygens (including phenoxy) is 1. The van der Waals surface area contributed by atoms with Crippen LogP contribution in [0, 0.1) is 0 Å². The second-order valence-corrected chi connectivity index (χ2v) is 4.82. The van der Waals surface area contributed by atoms with Crippen LogP contribution in [-0.4, -0.2) is 29.7 Å². The minimum atomic E-state index is -0.443. The first-order chi connectivity index (χ1) is 6.88. The number of carbonyl (C=O) groups is 1. The number of allylic oxidation sites excluding steroid dienone is 1. The van der Waals surface area contributed by atoms with Crippen LogP contribution >= 0.6 is 0 Å². The quantitative estimate of drug-likeness (QED) is 0.666. The lowest BCUT2D eigenvalue weighted by atomic mass is 10.2. The zero-order valence-corrected chi connectivity index (χ0v) is 9.75. The van der Waals surface area contributed by atoms with Crippen molar-refractivity contribution in [2.24, 2.45) is 5.73 Å². The van der Waals surface area contributed by atoms with Gasteiger partial charge in [-0.1, -0.05) is 6.08 Å². The Morgan fingerprint density at radius 3 is 2.80 bits per heavy atom. The molecule has 0 bridgehead atoms. The van der Waals surface area contributed by atoms with Gasteiger partial charge in [-0.3, -0.25) is 0 Å². The van der Waals surface area contributed by atoms with Crippen molar-refractivity contribution in [2.45, 2.75) is 39.2 Å². The van der Waals surface area contributed by atoms with E-state index in [9.17, 15) is 4.79 Å². The van der Waals surface area contributed by atoms with Crippen molar-refractivity contribution in [3.05, 3.63) is 11.8 Å².